The number of likely N-dealkylation sites (tertiary alicyclic amines) is 1. The fraction of sp³-hybridized carbons (Fsp3) is 0.269. The van der Waals surface area contributed by atoms with Crippen LogP contribution in [0.4, 0.5) is 5.69 Å². The molecule has 3 aromatic rings. The van der Waals surface area contributed by atoms with Gasteiger partial charge in [0.15, 0.2) is 0 Å². The average molecular weight is 412 g/mol. The molecule has 1 aliphatic rings. The molecule has 4 rings (SSSR count). The number of amides is 1. The minimum Gasteiger partial charge on any atom is -0.490 e. The summed E-state index contributed by atoms with van der Waals surface area (Å²) in [6.07, 6.45) is 2.46. The molecular weight excluding hydrogens is 383 g/mol. The van der Waals surface area contributed by atoms with Gasteiger partial charge < -0.3 is 15.0 Å². The summed E-state index contributed by atoms with van der Waals surface area (Å²) in [6.45, 7) is 4.23. The highest BCUT2D eigenvalue weighted by molar-refractivity contribution is 6.33. The van der Waals surface area contributed by atoms with Crippen molar-refractivity contribution in [3.63, 3.8) is 0 Å². The smallest absolute Gasteiger partial charge is 0.255 e. The van der Waals surface area contributed by atoms with E-state index in [-0.39, 0.29) is 5.91 Å². The molecule has 1 N–H and O–H groups in total. The lowest BCUT2D eigenvalue weighted by atomic mass is 9.89. The van der Waals surface area contributed by atoms with Crippen molar-refractivity contribution >= 4 is 24.9 Å². The Kier molecular flexibility index (Phi) is 6.43. The fourth-order valence-electron chi connectivity index (χ4n) is 3.85. The Morgan fingerprint density at radius 3 is 2.19 bits per heavy atom. The van der Waals surface area contributed by atoms with Gasteiger partial charge >= 0.3 is 0 Å². The molecule has 0 unspecified atom stereocenters. The third kappa shape index (κ3) is 5.36. The second kappa shape index (κ2) is 9.40. The predicted octanol–water partition coefficient (Wildman–Crippen LogP) is 3.65. The second-order valence-electron chi connectivity index (χ2n) is 8.48. The van der Waals surface area contributed by atoms with Crippen molar-refractivity contribution in [2.75, 3.05) is 25.5 Å². The van der Waals surface area contributed by atoms with Gasteiger partial charge in [0.1, 0.15) is 19.7 Å². The molecule has 158 valence electrons. The van der Waals surface area contributed by atoms with Gasteiger partial charge in [-0.25, -0.2) is 0 Å². The van der Waals surface area contributed by atoms with Crippen LogP contribution in [0.25, 0.3) is 11.1 Å². The number of nitrogens with one attached hydrogen (secondary N) is 1. The van der Waals surface area contributed by atoms with E-state index in [1.54, 1.807) is 0 Å². The van der Waals surface area contributed by atoms with E-state index in [4.69, 9.17) is 4.74 Å². The van der Waals surface area contributed by atoms with Crippen molar-refractivity contribution in [2.45, 2.75) is 25.9 Å². The van der Waals surface area contributed by atoms with E-state index in [0.717, 1.165) is 54.0 Å². The van der Waals surface area contributed by atoms with Gasteiger partial charge in [-0.15, -0.1) is 0 Å². The summed E-state index contributed by atoms with van der Waals surface area (Å²) >= 11 is 0. The number of ether oxygens (including phenoxy) is 1. The maximum atomic E-state index is 12.5. The molecule has 1 saturated heterocycles. The molecule has 0 spiro atoms. The van der Waals surface area contributed by atoms with Gasteiger partial charge in [0, 0.05) is 24.3 Å². The van der Waals surface area contributed by atoms with Crippen LogP contribution in [0.5, 0.6) is 5.75 Å². The second-order valence-corrected chi connectivity index (χ2v) is 8.48. The fourth-order valence-corrected chi connectivity index (χ4v) is 3.85. The summed E-state index contributed by atoms with van der Waals surface area (Å²) in [4.78, 5) is 14.9. The van der Waals surface area contributed by atoms with Crippen LogP contribution in [0, 0.1) is 6.92 Å². The van der Waals surface area contributed by atoms with Gasteiger partial charge in [-0.2, -0.15) is 0 Å². The molecule has 5 heteroatoms. The highest BCUT2D eigenvalue weighted by Crippen LogP contribution is 2.25. The van der Waals surface area contributed by atoms with Crippen molar-refractivity contribution in [1.82, 2.24) is 4.90 Å². The van der Waals surface area contributed by atoms with E-state index in [0.29, 0.717) is 11.7 Å². The topological polar surface area (TPSA) is 41.6 Å². The molecule has 0 aliphatic carbocycles. The van der Waals surface area contributed by atoms with Gasteiger partial charge in [-0.05, 0) is 68.3 Å². The Hall–Kier alpha value is -3.05. The minimum atomic E-state index is -0.0914. The molecule has 4 nitrogen and oxygen atoms in total. The zero-order valence-corrected chi connectivity index (χ0v) is 18.5. The van der Waals surface area contributed by atoms with E-state index in [9.17, 15) is 4.79 Å². The van der Waals surface area contributed by atoms with Crippen LogP contribution in [0.1, 0.15) is 28.8 Å². The van der Waals surface area contributed by atoms with Crippen molar-refractivity contribution in [3.8, 4) is 16.9 Å². The Labute approximate surface area is 185 Å². The summed E-state index contributed by atoms with van der Waals surface area (Å²) < 4.78 is 6.14. The van der Waals surface area contributed by atoms with Crippen molar-refractivity contribution in [1.29, 1.82) is 0 Å². The van der Waals surface area contributed by atoms with E-state index in [1.807, 2.05) is 69.4 Å². The van der Waals surface area contributed by atoms with E-state index >= 15 is 0 Å². The van der Waals surface area contributed by atoms with E-state index in [1.165, 1.54) is 5.56 Å². The van der Waals surface area contributed by atoms with Crippen molar-refractivity contribution < 1.29 is 9.53 Å². The number of aryl methyl sites for hydroxylation is 1. The van der Waals surface area contributed by atoms with Crippen LogP contribution >= 0.6 is 0 Å². The molecule has 0 aromatic heterocycles. The van der Waals surface area contributed by atoms with Gasteiger partial charge in [-0.1, -0.05) is 47.4 Å². The Morgan fingerprint density at radius 1 is 0.968 bits per heavy atom. The number of rotatable bonds is 5. The number of benzene rings is 3. The molecule has 31 heavy (non-hydrogen) atoms. The molecule has 0 saturated carbocycles. The molecule has 1 heterocycles. The first-order chi connectivity index (χ1) is 15.0. The molecule has 0 radical (unpaired) electrons. The summed E-state index contributed by atoms with van der Waals surface area (Å²) in [6, 6.07) is 22.0. The lowest BCUT2D eigenvalue weighted by Crippen LogP contribution is -2.35. The maximum absolute atomic E-state index is 12.5. The Balaban J connectivity index is 1.37. The number of anilines is 1. The van der Waals surface area contributed by atoms with Crippen LogP contribution in [0.15, 0.2) is 66.7 Å². The zero-order valence-electron chi connectivity index (χ0n) is 18.5. The van der Waals surface area contributed by atoms with Crippen LogP contribution in [-0.4, -0.2) is 44.9 Å². The van der Waals surface area contributed by atoms with Crippen LogP contribution < -0.4 is 15.5 Å². The minimum absolute atomic E-state index is 0.0914. The van der Waals surface area contributed by atoms with E-state index < -0.39 is 0 Å². The van der Waals surface area contributed by atoms with Crippen LogP contribution in [-0.2, 0) is 0 Å². The Bertz CT molecular complexity index is 1040. The van der Waals surface area contributed by atoms with Crippen LogP contribution in [0.3, 0.4) is 0 Å². The number of nitrogens with zero attached hydrogens (tertiary/aromatic N) is 1. The van der Waals surface area contributed by atoms with Crippen molar-refractivity contribution in [3.05, 3.63) is 77.9 Å². The van der Waals surface area contributed by atoms with Gasteiger partial charge in [0.05, 0.1) is 0 Å². The van der Waals surface area contributed by atoms with Crippen LogP contribution in [0.2, 0.25) is 0 Å². The molecular formula is C26H29BN2O2. The SMILES string of the molecule is Bc1cc(C(=O)Nc2ccc(-c3ccc(OC4CCN(C)CC4)cc3)cc2)ccc1C. The van der Waals surface area contributed by atoms with Gasteiger partial charge in [0.2, 0.25) is 0 Å². The molecule has 0 bridgehead atoms. The largest absolute Gasteiger partial charge is 0.490 e. The number of hydrogen-bond donors (Lipinski definition) is 1. The first kappa shape index (κ1) is 21.2. The summed E-state index contributed by atoms with van der Waals surface area (Å²) in [5, 5.41) is 2.98. The zero-order chi connectivity index (χ0) is 21.8. The van der Waals surface area contributed by atoms with Gasteiger partial charge in [0.25, 0.3) is 5.91 Å². The third-order valence-corrected chi connectivity index (χ3v) is 6.07. The first-order valence-corrected chi connectivity index (χ1v) is 10.9. The number of piperidine rings is 1. The lowest BCUT2D eigenvalue weighted by Gasteiger charge is -2.29. The maximum Gasteiger partial charge on any atom is 0.255 e. The molecule has 0 atom stereocenters. The average Bonchev–Trinajstić information content (AvgIpc) is 2.78. The third-order valence-electron chi connectivity index (χ3n) is 6.07. The monoisotopic (exact) mass is 412 g/mol. The summed E-state index contributed by atoms with van der Waals surface area (Å²) in [7, 11) is 4.18. The highest BCUT2D eigenvalue weighted by atomic mass is 16.5. The standard InChI is InChI=1S/C26H29BN2O2/c1-18-3-4-21(17-25(18)27)26(30)28-22-9-5-19(6-10-22)20-7-11-23(12-8-20)31-24-13-15-29(2)16-14-24/h3-12,17,24H,13-16,27H2,1-2H3,(H,28,30). The molecule has 1 amide bonds. The molecule has 1 aliphatic heterocycles. The summed E-state index contributed by atoms with van der Waals surface area (Å²) in [5.41, 5.74) is 5.99. The predicted molar refractivity (Wildman–Crippen MR) is 130 cm³/mol. The normalized spacial score (nSPS) is 14.9. The lowest BCUT2D eigenvalue weighted by molar-refractivity contribution is 0.102. The highest BCUT2D eigenvalue weighted by Gasteiger charge is 2.17. The van der Waals surface area contributed by atoms with Gasteiger partial charge in [-0.3, -0.25) is 4.79 Å². The number of carbonyl (C=O) groups is 1. The molecule has 3 aromatic carbocycles. The quantitative estimate of drug-likeness (QED) is 0.651. The Morgan fingerprint density at radius 2 is 1.58 bits per heavy atom. The number of hydrogen-bond acceptors (Lipinski definition) is 3. The number of carbonyl (C=O) groups excluding carboxylic acids is 1. The van der Waals surface area contributed by atoms with Crippen molar-refractivity contribution in [2.24, 2.45) is 0 Å². The summed E-state index contributed by atoms with van der Waals surface area (Å²) in [5.74, 6) is 0.835. The van der Waals surface area contributed by atoms with E-state index in [2.05, 4.69) is 29.4 Å². The first-order valence-electron chi connectivity index (χ1n) is 10.9. The molecule has 1 fully saturated rings.